The fraction of sp³-hybridized carbons (Fsp3) is 0.261. The first-order valence-electron chi connectivity index (χ1n) is 9.85. The Morgan fingerprint density at radius 1 is 1.07 bits per heavy atom. The number of carbonyl (C=O) groups is 2. The molecule has 0 unspecified atom stereocenters. The topological polar surface area (TPSA) is 79.2 Å². The first-order valence-corrected chi connectivity index (χ1v) is 9.85. The van der Waals surface area contributed by atoms with Crippen LogP contribution in [-0.4, -0.2) is 40.5 Å². The number of hydrogen-bond donors (Lipinski definition) is 1. The van der Waals surface area contributed by atoms with E-state index in [0.29, 0.717) is 30.9 Å². The van der Waals surface area contributed by atoms with Gasteiger partial charge in [-0.25, -0.2) is 0 Å². The molecular formula is C23H20N2O4. The lowest BCUT2D eigenvalue weighted by Crippen LogP contribution is -2.35. The van der Waals surface area contributed by atoms with Gasteiger partial charge in [0, 0.05) is 24.7 Å². The number of aliphatic imine (C=N–C) groups is 1. The second kappa shape index (κ2) is 6.88. The second-order valence-electron chi connectivity index (χ2n) is 7.49. The summed E-state index contributed by atoms with van der Waals surface area (Å²) >= 11 is 0. The molecule has 1 saturated heterocycles. The summed E-state index contributed by atoms with van der Waals surface area (Å²) < 4.78 is 5.84. The molecule has 0 aromatic heterocycles. The molecule has 0 saturated carbocycles. The Bertz CT molecular complexity index is 1090. The molecule has 6 nitrogen and oxygen atoms in total. The van der Waals surface area contributed by atoms with Crippen LogP contribution in [0.15, 0.2) is 53.2 Å². The molecule has 3 aliphatic rings. The third kappa shape index (κ3) is 2.92. The predicted octanol–water partition coefficient (Wildman–Crippen LogP) is 3.48. The van der Waals surface area contributed by atoms with Crippen molar-refractivity contribution in [2.75, 3.05) is 13.1 Å². The van der Waals surface area contributed by atoms with Crippen LogP contribution in [0.1, 0.15) is 51.1 Å². The first-order chi connectivity index (χ1) is 14.1. The van der Waals surface area contributed by atoms with E-state index in [1.165, 1.54) is 12.1 Å². The molecule has 0 spiro atoms. The van der Waals surface area contributed by atoms with Crippen LogP contribution < -0.4 is 4.74 Å². The van der Waals surface area contributed by atoms with E-state index in [4.69, 9.17) is 4.74 Å². The molecule has 1 amide bonds. The number of carbonyl (C=O) groups excluding carboxylic acids is 2. The van der Waals surface area contributed by atoms with Gasteiger partial charge in [0.25, 0.3) is 5.91 Å². The van der Waals surface area contributed by atoms with E-state index in [1.807, 2.05) is 24.3 Å². The van der Waals surface area contributed by atoms with Crippen LogP contribution in [0.2, 0.25) is 0 Å². The highest BCUT2D eigenvalue weighted by Crippen LogP contribution is 2.40. The summed E-state index contributed by atoms with van der Waals surface area (Å²) in [6.07, 6.45) is 4.59. The van der Waals surface area contributed by atoms with Gasteiger partial charge in [-0.15, -0.1) is 0 Å². The molecular weight excluding hydrogens is 368 g/mol. The third-order valence-corrected chi connectivity index (χ3v) is 5.65. The molecule has 0 atom stereocenters. The van der Waals surface area contributed by atoms with Crippen LogP contribution in [0.5, 0.6) is 11.5 Å². The highest BCUT2D eigenvalue weighted by molar-refractivity contribution is 6.20. The number of Topliss-reactive ketones (excluding diaryl/α,β-unsaturated/α-hetero) is 1. The molecule has 0 radical (unpaired) electrons. The van der Waals surface area contributed by atoms with Crippen LogP contribution in [0.25, 0.3) is 0 Å². The zero-order valence-corrected chi connectivity index (χ0v) is 15.9. The number of phenols is 1. The maximum Gasteiger partial charge on any atom is 0.261 e. The summed E-state index contributed by atoms with van der Waals surface area (Å²) in [6.45, 7) is 1.86. The van der Waals surface area contributed by atoms with E-state index < -0.39 is 0 Å². The maximum atomic E-state index is 13.0. The molecule has 6 heteroatoms. The molecule has 5 rings (SSSR count). The van der Waals surface area contributed by atoms with Crippen LogP contribution in [-0.2, 0) is 6.54 Å². The molecule has 0 bridgehead atoms. The van der Waals surface area contributed by atoms with Gasteiger partial charge in [0.1, 0.15) is 11.3 Å². The monoisotopic (exact) mass is 388 g/mol. The Balaban J connectivity index is 1.51. The van der Waals surface area contributed by atoms with Crippen LogP contribution >= 0.6 is 0 Å². The fourth-order valence-corrected chi connectivity index (χ4v) is 4.11. The van der Waals surface area contributed by atoms with E-state index in [0.717, 1.165) is 30.4 Å². The number of benzene rings is 2. The van der Waals surface area contributed by atoms with E-state index in [1.54, 1.807) is 11.0 Å². The van der Waals surface area contributed by atoms with Crippen molar-refractivity contribution in [3.05, 3.63) is 70.5 Å². The standard InChI is InChI=1S/C23H20N2O4/c26-18-9-8-16-21(27)19(12-17-15-7-3-2-6-14(15)13-24-17)29-22(16)20(18)23(28)25-10-4-1-5-11-25/h2-3,6-9,12,26H,1,4-5,10-11,13H2/b19-12-. The summed E-state index contributed by atoms with van der Waals surface area (Å²) in [5.41, 5.74) is 3.11. The van der Waals surface area contributed by atoms with Gasteiger partial charge in [0.2, 0.25) is 5.78 Å². The molecule has 2 aromatic carbocycles. The van der Waals surface area contributed by atoms with Crippen molar-refractivity contribution in [2.24, 2.45) is 4.99 Å². The molecule has 3 aliphatic heterocycles. The van der Waals surface area contributed by atoms with Gasteiger partial charge in [0.15, 0.2) is 11.5 Å². The van der Waals surface area contributed by atoms with Crippen molar-refractivity contribution in [1.29, 1.82) is 0 Å². The number of hydrogen-bond acceptors (Lipinski definition) is 5. The van der Waals surface area contributed by atoms with Crippen molar-refractivity contribution in [3.8, 4) is 11.5 Å². The number of allylic oxidation sites excluding steroid dienone is 2. The van der Waals surface area contributed by atoms with E-state index in [2.05, 4.69) is 4.99 Å². The fourth-order valence-electron chi connectivity index (χ4n) is 4.11. The van der Waals surface area contributed by atoms with Crippen molar-refractivity contribution >= 4 is 17.4 Å². The maximum absolute atomic E-state index is 13.0. The van der Waals surface area contributed by atoms with E-state index >= 15 is 0 Å². The van der Waals surface area contributed by atoms with E-state index in [-0.39, 0.29) is 34.5 Å². The number of ketones is 1. The van der Waals surface area contributed by atoms with Crippen molar-refractivity contribution < 1.29 is 19.4 Å². The Labute approximate surface area is 168 Å². The van der Waals surface area contributed by atoms with Gasteiger partial charge in [-0.1, -0.05) is 24.3 Å². The highest BCUT2D eigenvalue weighted by Gasteiger charge is 2.35. The van der Waals surface area contributed by atoms with Crippen LogP contribution in [0.4, 0.5) is 0 Å². The Hall–Kier alpha value is -3.41. The summed E-state index contributed by atoms with van der Waals surface area (Å²) in [7, 11) is 0. The van der Waals surface area contributed by atoms with E-state index in [9.17, 15) is 14.7 Å². The molecule has 0 aliphatic carbocycles. The third-order valence-electron chi connectivity index (χ3n) is 5.65. The zero-order valence-electron chi connectivity index (χ0n) is 15.9. The normalized spacial score (nSPS) is 19.0. The number of rotatable bonds is 2. The second-order valence-corrected chi connectivity index (χ2v) is 7.49. The largest absolute Gasteiger partial charge is 0.507 e. The Morgan fingerprint density at radius 2 is 1.86 bits per heavy atom. The Kier molecular flexibility index (Phi) is 4.19. The number of nitrogens with zero attached hydrogens (tertiary/aromatic N) is 2. The van der Waals surface area contributed by atoms with Gasteiger partial charge < -0.3 is 14.7 Å². The zero-order chi connectivity index (χ0) is 20.0. The summed E-state index contributed by atoms with van der Waals surface area (Å²) in [5.74, 6) is -0.509. The lowest BCUT2D eigenvalue weighted by atomic mass is 10.0. The summed E-state index contributed by atoms with van der Waals surface area (Å²) in [4.78, 5) is 32.1. The van der Waals surface area contributed by atoms with Crippen molar-refractivity contribution in [1.82, 2.24) is 4.90 Å². The van der Waals surface area contributed by atoms with Gasteiger partial charge in [-0.3, -0.25) is 14.6 Å². The highest BCUT2D eigenvalue weighted by atomic mass is 16.5. The van der Waals surface area contributed by atoms with Gasteiger partial charge in [-0.05, 0) is 37.0 Å². The predicted molar refractivity (Wildman–Crippen MR) is 108 cm³/mol. The lowest BCUT2D eigenvalue weighted by Gasteiger charge is -2.27. The average molecular weight is 388 g/mol. The molecule has 1 fully saturated rings. The van der Waals surface area contributed by atoms with Crippen LogP contribution in [0, 0.1) is 0 Å². The molecule has 29 heavy (non-hydrogen) atoms. The smallest absolute Gasteiger partial charge is 0.261 e. The number of aromatic hydroxyl groups is 1. The minimum absolute atomic E-state index is 0.0647. The van der Waals surface area contributed by atoms with Crippen molar-refractivity contribution in [3.63, 3.8) is 0 Å². The molecule has 3 heterocycles. The number of likely N-dealkylation sites (tertiary alicyclic amines) is 1. The van der Waals surface area contributed by atoms with Crippen LogP contribution in [0.3, 0.4) is 0 Å². The number of ether oxygens (including phenoxy) is 1. The number of fused-ring (bicyclic) bond motifs is 2. The lowest BCUT2D eigenvalue weighted by molar-refractivity contribution is 0.0718. The quantitative estimate of drug-likeness (QED) is 0.799. The number of phenolic OH excluding ortho intramolecular Hbond substituents is 1. The minimum Gasteiger partial charge on any atom is -0.507 e. The van der Waals surface area contributed by atoms with Gasteiger partial charge >= 0.3 is 0 Å². The molecule has 1 N–H and O–H groups in total. The van der Waals surface area contributed by atoms with Gasteiger partial charge in [0.05, 0.1) is 17.8 Å². The summed E-state index contributed by atoms with van der Waals surface area (Å²) in [6, 6.07) is 10.7. The first kappa shape index (κ1) is 17.7. The SMILES string of the molecule is O=C1/C(=C/C2=NCc3ccccc32)Oc2c1ccc(O)c2C(=O)N1CCCCC1. The average Bonchev–Trinajstić information content (AvgIpc) is 3.30. The number of amides is 1. The van der Waals surface area contributed by atoms with Gasteiger partial charge in [-0.2, -0.15) is 0 Å². The molecule has 2 aromatic rings. The number of piperidine rings is 1. The molecule has 146 valence electrons. The van der Waals surface area contributed by atoms with Crippen molar-refractivity contribution in [2.45, 2.75) is 25.8 Å². The summed E-state index contributed by atoms with van der Waals surface area (Å²) in [5, 5.41) is 10.4. The minimum atomic E-state index is -0.306. The Morgan fingerprint density at radius 3 is 2.69 bits per heavy atom.